The number of thiophene rings is 1. The highest BCUT2D eigenvalue weighted by Crippen LogP contribution is 2.31. The Labute approximate surface area is 129 Å². The number of aromatic nitrogens is 2. The van der Waals surface area contributed by atoms with Crippen LogP contribution < -0.4 is 10.2 Å². The summed E-state index contributed by atoms with van der Waals surface area (Å²) in [6, 6.07) is 2.12. The highest BCUT2D eigenvalue weighted by atomic mass is 32.1. The second-order valence-corrected chi connectivity index (χ2v) is 6.08. The summed E-state index contributed by atoms with van der Waals surface area (Å²) < 4.78 is 5.73. The Kier molecular flexibility index (Phi) is 4.55. The second-order valence-electron chi connectivity index (χ2n) is 5.18. The minimum atomic E-state index is 0.402. The third-order valence-corrected chi connectivity index (χ3v) is 4.59. The van der Waals surface area contributed by atoms with E-state index in [1.54, 1.807) is 11.3 Å². The minimum Gasteiger partial charge on any atom is -0.378 e. The Balaban J connectivity index is 1.84. The van der Waals surface area contributed by atoms with Crippen LogP contribution in [0.1, 0.15) is 26.7 Å². The van der Waals surface area contributed by atoms with Crippen LogP contribution in [0.3, 0.4) is 0 Å². The second kappa shape index (κ2) is 6.58. The summed E-state index contributed by atoms with van der Waals surface area (Å²) in [7, 11) is 0. The molecule has 3 rings (SSSR count). The molecule has 5 nitrogen and oxygen atoms in total. The number of piperidine rings is 1. The van der Waals surface area contributed by atoms with E-state index in [2.05, 4.69) is 40.5 Å². The molecule has 21 heavy (non-hydrogen) atoms. The molecule has 1 aliphatic heterocycles. The zero-order chi connectivity index (χ0) is 14.7. The van der Waals surface area contributed by atoms with E-state index in [1.807, 2.05) is 0 Å². The molecular formula is C15H22N4OS. The number of rotatable bonds is 5. The molecular weight excluding hydrogens is 284 g/mol. The van der Waals surface area contributed by atoms with E-state index in [-0.39, 0.29) is 0 Å². The van der Waals surface area contributed by atoms with Crippen LogP contribution in [0.5, 0.6) is 0 Å². The van der Waals surface area contributed by atoms with Crippen molar-refractivity contribution in [1.82, 2.24) is 9.97 Å². The Bertz CT molecular complexity index is 592. The monoisotopic (exact) mass is 306 g/mol. The minimum absolute atomic E-state index is 0.402. The van der Waals surface area contributed by atoms with Gasteiger partial charge in [-0.3, -0.25) is 0 Å². The van der Waals surface area contributed by atoms with Gasteiger partial charge in [-0.25, -0.2) is 4.98 Å². The van der Waals surface area contributed by atoms with Gasteiger partial charge in [0, 0.05) is 26.2 Å². The smallest absolute Gasteiger partial charge is 0.226 e. The maximum absolute atomic E-state index is 5.73. The van der Waals surface area contributed by atoms with E-state index in [9.17, 15) is 0 Å². The quantitative estimate of drug-likeness (QED) is 0.919. The number of fused-ring (bicyclic) bond motifs is 1. The fourth-order valence-electron chi connectivity index (χ4n) is 2.79. The van der Waals surface area contributed by atoms with Crippen LogP contribution in [-0.4, -0.2) is 42.3 Å². The van der Waals surface area contributed by atoms with Gasteiger partial charge >= 0.3 is 0 Å². The van der Waals surface area contributed by atoms with Crippen LogP contribution >= 0.6 is 11.3 Å². The molecule has 1 fully saturated rings. The largest absolute Gasteiger partial charge is 0.378 e. The first-order valence-corrected chi connectivity index (χ1v) is 8.55. The summed E-state index contributed by atoms with van der Waals surface area (Å²) in [5.41, 5.74) is 0. The molecule has 114 valence electrons. The van der Waals surface area contributed by atoms with Crippen LogP contribution in [0.15, 0.2) is 11.4 Å². The number of nitrogens with zero attached hydrogens (tertiary/aromatic N) is 3. The zero-order valence-corrected chi connectivity index (χ0v) is 13.4. The topological polar surface area (TPSA) is 50.3 Å². The lowest BCUT2D eigenvalue weighted by atomic mass is 10.1. The molecule has 0 unspecified atom stereocenters. The van der Waals surface area contributed by atoms with Crippen LogP contribution in [-0.2, 0) is 4.74 Å². The van der Waals surface area contributed by atoms with Crippen molar-refractivity contribution in [3.63, 3.8) is 0 Å². The van der Waals surface area contributed by atoms with Crippen molar-refractivity contribution in [2.45, 2.75) is 32.8 Å². The maximum Gasteiger partial charge on any atom is 0.226 e. The Morgan fingerprint density at radius 3 is 2.86 bits per heavy atom. The van der Waals surface area contributed by atoms with Crippen molar-refractivity contribution in [3.8, 4) is 0 Å². The number of hydrogen-bond donors (Lipinski definition) is 1. The summed E-state index contributed by atoms with van der Waals surface area (Å²) in [4.78, 5) is 12.7. The standard InChI is InChI=1S/C15H22N4OS/c1-3-16-15-17-13(12-7-10-21-14(12)18-15)19-8-5-11(6-9-19)20-4-2/h7,10-11H,3-6,8-9H2,1-2H3,(H,16,17,18). The van der Waals surface area contributed by atoms with Gasteiger partial charge < -0.3 is 15.0 Å². The molecule has 0 bridgehead atoms. The van der Waals surface area contributed by atoms with Crippen molar-refractivity contribution < 1.29 is 4.74 Å². The van der Waals surface area contributed by atoms with Crippen LogP contribution in [0.2, 0.25) is 0 Å². The molecule has 0 atom stereocenters. The molecule has 1 N–H and O–H groups in total. The third kappa shape index (κ3) is 3.11. The van der Waals surface area contributed by atoms with Crippen molar-refractivity contribution in [1.29, 1.82) is 0 Å². The summed E-state index contributed by atoms with van der Waals surface area (Å²) in [6.45, 7) is 7.76. The van der Waals surface area contributed by atoms with Gasteiger partial charge in [0.05, 0.1) is 11.5 Å². The highest BCUT2D eigenvalue weighted by molar-refractivity contribution is 7.16. The highest BCUT2D eigenvalue weighted by Gasteiger charge is 2.22. The summed E-state index contributed by atoms with van der Waals surface area (Å²) >= 11 is 1.67. The third-order valence-electron chi connectivity index (χ3n) is 3.78. The number of nitrogens with one attached hydrogen (secondary N) is 1. The van der Waals surface area contributed by atoms with E-state index in [1.165, 1.54) is 0 Å². The molecule has 2 aromatic rings. The van der Waals surface area contributed by atoms with Crippen LogP contribution in [0, 0.1) is 0 Å². The average molecular weight is 306 g/mol. The molecule has 0 aliphatic carbocycles. The number of ether oxygens (including phenoxy) is 1. The molecule has 0 aromatic carbocycles. The summed E-state index contributed by atoms with van der Waals surface area (Å²) in [5.74, 6) is 1.79. The van der Waals surface area contributed by atoms with Crippen molar-refractivity contribution in [2.24, 2.45) is 0 Å². The van der Waals surface area contributed by atoms with Gasteiger partial charge in [-0.1, -0.05) is 0 Å². The predicted octanol–water partition coefficient (Wildman–Crippen LogP) is 3.13. The normalized spacial score (nSPS) is 16.6. The molecule has 0 saturated carbocycles. The van der Waals surface area contributed by atoms with Gasteiger partial charge in [0.15, 0.2) is 0 Å². The van der Waals surface area contributed by atoms with Crippen molar-refractivity contribution in [2.75, 3.05) is 36.5 Å². The maximum atomic E-state index is 5.73. The fourth-order valence-corrected chi connectivity index (χ4v) is 3.55. The molecule has 0 radical (unpaired) electrons. The van der Waals surface area contributed by atoms with Gasteiger partial charge in [-0.2, -0.15) is 4.98 Å². The van der Waals surface area contributed by atoms with E-state index in [0.717, 1.165) is 61.1 Å². The van der Waals surface area contributed by atoms with E-state index in [4.69, 9.17) is 9.72 Å². The lowest BCUT2D eigenvalue weighted by molar-refractivity contribution is 0.0459. The molecule has 3 heterocycles. The number of hydrogen-bond acceptors (Lipinski definition) is 6. The molecule has 1 saturated heterocycles. The van der Waals surface area contributed by atoms with E-state index in [0.29, 0.717) is 6.10 Å². The Hall–Kier alpha value is -1.40. The SMILES string of the molecule is CCNc1nc(N2CCC(OCC)CC2)c2ccsc2n1. The predicted molar refractivity (Wildman–Crippen MR) is 88.4 cm³/mol. The first kappa shape index (κ1) is 14.5. The lowest BCUT2D eigenvalue weighted by Gasteiger charge is -2.33. The molecule has 6 heteroatoms. The fraction of sp³-hybridized carbons (Fsp3) is 0.600. The summed E-state index contributed by atoms with van der Waals surface area (Å²) in [6.07, 6.45) is 2.54. The summed E-state index contributed by atoms with van der Waals surface area (Å²) in [5, 5.41) is 6.48. The molecule has 1 aliphatic rings. The van der Waals surface area contributed by atoms with Crippen LogP contribution in [0.4, 0.5) is 11.8 Å². The molecule has 0 spiro atoms. The van der Waals surface area contributed by atoms with Gasteiger partial charge in [0.1, 0.15) is 10.6 Å². The van der Waals surface area contributed by atoms with Gasteiger partial charge in [0.25, 0.3) is 0 Å². The molecule has 2 aromatic heterocycles. The Morgan fingerprint density at radius 1 is 1.33 bits per heavy atom. The average Bonchev–Trinajstić information content (AvgIpc) is 2.96. The first-order chi connectivity index (χ1) is 10.3. The van der Waals surface area contributed by atoms with Gasteiger partial charge in [0.2, 0.25) is 5.95 Å². The van der Waals surface area contributed by atoms with Gasteiger partial charge in [-0.15, -0.1) is 11.3 Å². The van der Waals surface area contributed by atoms with Crippen LogP contribution in [0.25, 0.3) is 10.2 Å². The van der Waals surface area contributed by atoms with Gasteiger partial charge in [-0.05, 0) is 38.1 Å². The first-order valence-electron chi connectivity index (χ1n) is 7.67. The lowest BCUT2D eigenvalue weighted by Crippen LogP contribution is -2.37. The van der Waals surface area contributed by atoms with Crippen molar-refractivity contribution >= 4 is 33.3 Å². The molecule has 0 amide bonds. The Morgan fingerprint density at radius 2 is 2.14 bits per heavy atom. The zero-order valence-electron chi connectivity index (χ0n) is 12.6. The number of anilines is 2. The van der Waals surface area contributed by atoms with E-state index >= 15 is 0 Å². The van der Waals surface area contributed by atoms with Crippen molar-refractivity contribution in [3.05, 3.63) is 11.4 Å². The van der Waals surface area contributed by atoms with E-state index < -0.39 is 0 Å².